The van der Waals surface area contributed by atoms with Gasteiger partial charge in [0.25, 0.3) is 5.91 Å². The van der Waals surface area contributed by atoms with Crippen LogP contribution in [0, 0.1) is 12.8 Å². The SMILES string of the molecule is Cc1cc(C(=O)N2CCC(CO)CC2)cc(Cl)n1. The molecule has 0 atom stereocenters. The number of carbonyl (C=O) groups is 1. The van der Waals surface area contributed by atoms with Crippen molar-refractivity contribution >= 4 is 17.5 Å². The minimum Gasteiger partial charge on any atom is -0.396 e. The van der Waals surface area contributed by atoms with Gasteiger partial charge in [0.15, 0.2) is 0 Å². The quantitative estimate of drug-likeness (QED) is 0.834. The number of carbonyl (C=O) groups excluding carboxylic acids is 1. The van der Waals surface area contributed by atoms with E-state index < -0.39 is 0 Å². The molecule has 1 N–H and O–H groups in total. The Kier molecular flexibility index (Phi) is 4.19. The smallest absolute Gasteiger partial charge is 0.254 e. The van der Waals surface area contributed by atoms with Crippen molar-refractivity contribution in [3.05, 3.63) is 28.5 Å². The third-order valence-electron chi connectivity index (χ3n) is 3.33. The monoisotopic (exact) mass is 268 g/mol. The molecule has 1 aromatic heterocycles. The van der Waals surface area contributed by atoms with Gasteiger partial charge in [-0.3, -0.25) is 4.79 Å². The predicted molar refractivity (Wildman–Crippen MR) is 69.7 cm³/mol. The Balaban J connectivity index is 2.07. The van der Waals surface area contributed by atoms with Gasteiger partial charge in [0, 0.05) is 31.0 Å². The van der Waals surface area contributed by atoms with Gasteiger partial charge in [0.1, 0.15) is 5.15 Å². The Morgan fingerprint density at radius 2 is 2.17 bits per heavy atom. The van der Waals surface area contributed by atoms with Gasteiger partial charge in [0.2, 0.25) is 0 Å². The summed E-state index contributed by atoms with van der Waals surface area (Å²) in [4.78, 5) is 18.1. The van der Waals surface area contributed by atoms with E-state index in [0.717, 1.165) is 18.5 Å². The summed E-state index contributed by atoms with van der Waals surface area (Å²) in [5, 5.41) is 9.43. The summed E-state index contributed by atoms with van der Waals surface area (Å²) in [6.45, 7) is 3.43. The first-order valence-electron chi connectivity index (χ1n) is 6.14. The third kappa shape index (κ3) is 3.00. The van der Waals surface area contributed by atoms with Crippen molar-refractivity contribution in [2.75, 3.05) is 19.7 Å². The van der Waals surface area contributed by atoms with Crippen LogP contribution >= 0.6 is 11.6 Å². The van der Waals surface area contributed by atoms with E-state index in [1.165, 1.54) is 0 Å². The predicted octanol–water partition coefficient (Wildman–Crippen LogP) is 1.89. The molecule has 0 aliphatic carbocycles. The normalized spacial score (nSPS) is 16.9. The summed E-state index contributed by atoms with van der Waals surface area (Å²) in [6.07, 6.45) is 1.72. The number of aromatic nitrogens is 1. The van der Waals surface area contributed by atoms with E-state index in [2.05, 4.69) is 4.98 Å². The first kappa shape index (κ1) is 13.3. The van der Waals surface area contributed by atoms with E-state index in [-0.39, 0.29) is 12.5 Å². The van der Waals surface area contributed by atoms with Crippen LogP contribution in [-0.4, -0.2) is 40.6 Å². The van der Waals surface area contributed by atoms with Crippen LogP contribution in [-0.2, 0) is 0 Å². The zero-order valence-electron chi connectivity index (χ0n) is 10.4. The number of likely N-dealkylation sites (tertiary alicyclic amines) is 1. The molecule has 5 heteroatoms. The van der Waals surface area contributed by atoms with Crippen molar-refractivity contribution in [1.29, 1.82) is 0 Å². The first-order chi connectivity index (χ1) is 8.60. The molecule has 1 fully saturated rings. The molecule has 18 heavy (non-hydrogen) atoms. The molecular formula is C13H17ClN2O2. The number of rotatable bonds is 2. The molecule has 0 aromatic carbocycles. The highest BCUT2D eigenvalue weighted by Gasteiger charge is 2.23. The molecule has 2 heterocycles. The van der Waals surface area contributed by atoms with Crippen molar-refractivity contribution in [3.63, 3.8) is 0 Å². The lowest BCUT2D eigenvalue weighted by Crippen LogP contribution is -2.39. The summed E-state index contributed by atoms with van der Waals surface area (Å²) in [7, 11) is 0. The number of pyridine rings is 1. The van der Waals surface area contributed by atoms with E-state index in [1.54, 1.807) is 12.1 Å². The zero-order valence-corrected chi connectivity index (χ0v) is 11.2. The maximum atomic E-state index is 12.3. The molecule has 0 unspecified atom stereocenters. The second-order valence-electron chi connectivity index (χ2n) is 4.74. The lowest BCUT2D eigenvalue weighted by atomic mass is 9.97. The molecule has 98 valence electrons. The first-order valence-corrected chi connectivity index (χ1v) is 6.52. The van der Waals surface area contributed by atoms with Crippen molar-refractivity contribution in [3.8, 4) is 0 Å². The number of piperidine rings is 1. The van der Waals surface area contributed by atoms with Crippen LogP contribution in [0.2, 0.25) is 5.15 Å². The minimum atomic E-state index is -0.00112. The number of aryl methyl sites for hydroxylation is 1. The lowest BCUT2D eigenvalue weighted by molar-refractivity contribution is 0.0650. The second-order valence-corrected chi connectivity index (χ2v) is 5.13. The Bertz CT molecular complexity index is 422. The van der Waals surface area contributed by atoms with Gasteiger partial charge in [-0.25, -0.2) is 4.98 Å². The van der Waals surface area contributed by atoms with Gasteiger partial charge in [-0.05, 0) is 37.8 Å². The molecule has 0 bridgehead atoms. The molecule has 1 aliphatic heterocycles. The third-order valence-corrected chi connectivity index (χ3v) is 3.52. The number of nitrogens with zero attached hydrogens (tertiary/aromatic N) is 2. The molecule has 0 spiro atoms. The van der Waals surface area contributed by atoms with E-state index in [9.17, 15) is 4.79 Å². The number of aliphatic hydroxyl groups excluding tert-OH is 1. The van der Waals surface area contributed by atoms with Crippen LogP contribution in [0.25, 0.3) is 0 Å². The maximum Gasteiger partial charge on any atom is 0.254 e. The fourth-order valence-electron chi connectivity index (χ4n) is 2.25. The number of hydrogen-bond donors (Lipinski definition) is 1. The Labute approximate surface area is 112 Å². The van der Waals surface area contributed by atoms with Crippen molar-refractivity contribution in [2.24, 2.45) is 5.92 Å². The Hall–Kier alpha value is -1.13. The summed E-state index contributed by atoms with van der Waals surface area (Å²) in [6, 6.07) is 3.36. The largest absolute Gasteiger partial charge is 0.396 e. The highest BCUT2D eigenvalue weighted by atomic mass is 35.5. The van der Waals surface area contributed by atoms with Crippen LogP contribution in [0.4, 0.5) is 0 Å². The summed E-state index contributed by atoms with van der Waals surface area (Å²) in [5.41, 5.74) is 1.34. The average molecular weight is 269 g/mol. The Morgan fingerprint density at radius 3 is 2.72 bits per heavy atom. The van der Waals surface area contributed by atoms with Crippen LogP contribution in [0.5, 0.6) is 0 Å². The fourth-order valence-corrected chi connectivity index (χ4v) is 2.50. The highest BCUT2D eigenvalue weighted by molar-refractivity contribution is 6.29. The van der Waals surface area contributed by atoms with E-state index in [1.807, 2.05) is 11.8 Å². The number of hydrogen-bond acceptors (Lipinski definition) is 3. The molecule has 0 saturated carbocycles. The van der Waals surface area contributed by atoms with Crippen LogP contribution in [0.3, 0.4) is 0 Å². The van der Waals surface area contributed by atoms with E-state index in [0.29, 0.717) is 29.7 Å². The lowest BCUT2D eigenvalue weighted by Gasteiger charge is -2.31. The molecule has 1 aliphatic rings. The average Bonchev–Trinajstić information content (AvgIpc) is 2.37. The fraction of sp³-hybridized carbons (Fsp3) is 0.538. The van der Waals surface area contributed by atoms with Gasteiger partial charge < -0.3 is 10.0 Å². The number of halogens is 1. The van der Waals surface area contributed by atoms with Crippen molar-refractivity contribution < 1.29 is 9.90 Å². The molecule has 1 saturated heterocycles. The standard InChI is InChI=1S/C13H17ClN2O2/c1-9-6-11(7-12(14)15-9)13(18)16-4-2-10(8-17)3-5-16/h6-7,10,17H,2-5,8H2,1H3. The number of aliphatic hydroxyl groups is 1. The molecule has 1 aromatic rings. The van der Waals surface area contributed by atoms with E-state index >= 15 is 0 Å². The van der Waals surface area contributed by atoms with Gasteiger partial charge in [-0.15, -0.1) is 0 Å². The molecule has 0 radical (unpaired) electrons. The van der Waals surface area contributed by atoms with Crippen molar-refractivity contribution in [2.45, 2.75) is 19.8 Å². The van der Waals surface area contributed by atoms with Gasteiger partial charge in [-0.2, -0.15) is 0 Å². The summed E-state index contributed by atoms with van der Waals surface area (Å²) >= 11 is 5.86. The van der Waals surface area contributed by atoms with Gasteiger partial charge >= 0.3 is 0 Å². The molecule has 1 amide bonds. The zero-order chi connectivity index (χ0) is 13.1. The van der Waals surface area contributed by atoms with E-state index in [4.69, 9.17) is 16.7 Å². The second kappa shape index (κ2) is 5.67. The molecule has 4 nitrogen and oxygen atoms in total. The van der Waals surface area contributed by atoms with Crippen LogP contribution < -0.4 is 0 Å². The minimum absolute atomic E-state index is 0.00112. The molecule has 2 rings (SSSR count). The summed E-state index contributed by atoms with van der Waals surface area (Å²) < 4.78 is 0. The molecular weight excluding hydrogens is 252 g/mol. The maximum absolute atomic E-state index is 12.3. The van der Waals surface area contributed by atoms with Gasteiger partial charge in [-0.1, -0.05) is 11.6 Å². The number of amides is 1. The topological polar surface area (TPSA) is 53.4 Å². The van der Waals surface area contributed by atoms with Crippen molar-refractivity contribution in [1.82, 2.24) is 9.88 Å². The summed E-state index contributed by atoms with van der Waals surface area (Å²) in [5.74, 6) is 0.329. The van der Waals surface area contributed by atoms with Gasteiger partial charge in [0.05, 0.1) is 0 Å². The Morgan fingerprint density at radius 1 is 1.50 bits per heavy atom. The van der Waals surface area contributed by atoms with Crippen LogP contribution in [0.15, 0.2) is 12.1 Å². The highest BCUT2D eigenvalue weighted by Crippen LogP contribution is 2.19. The van der Waals surface area contributed by atoms with Crippen LogP contribution in [0.1, 0.15) is 28.9 Å².